The Bertz CT molecular complexity index is 734. The second-order valence-electron chi connectivity index (χ2n) is 6.55. The number of nitrogens with zero attached hydrogens (tertiary/aromatic N) is 4. The lowest BCUT2D eigenvalue weighted by molar-refractivity contribution is -0.145. The normalized spacial score (nSPS) is 21.2. The first kappa shape index (κ1) is 14.4. The van der Waals surface area contributed by atoms with Crippen molar-refractivity contribution in [3.05, 3.63) is 47.0 Å². The molecule has 1 aliphatic heterocycles. The smallest absolute Gasteiger partial charge is 0.322 e. The number of aliphatic carboxylic acids is 1. The Hall–Kier alpha value is -2.21. The van der Waals surface area contributed by atoms with Gasteiger partial charge in [0.15, 0.2) is 0 Å². The van der Waals surface area contributed by atoms with E-state index in [-0.39, 0.29) is 0 Å². The minimum atomic E-state index is -0.793. The molecule has 0 bridgehead atoms. The molecule has 2 aromatic rings. The highest BCUT2D eigenvalue weighted by Crippen LogP contribution is 2.40. The summed E-state index contributed by atoms with van der Waals surface area (Å²) in [6.07, 6.45) is 2.59. The first-order chi connectivity index (χ1) is 11.1. The molecule has 1 fully saturated rings. The van der Waals surface area contributed by atoms with Crippen LogP contribution in [0.5, 0.6) is 0 Å². The average molecular weight is 312 g/mol. The fraction of sp³-hybridized carbons (Fsp3) is 0.471. The molecule has 1 saturated carbocycles. The van der Waals surface area contributed by atoms with Crippen molar-refractivity contribution in [2.24, 2.45) is 0 Å². The highest BCUT2D eigenvalue weighted by molar-refractivity contribution is 5.73. The summed E-state index contributed by atoms with van der Waals surface area (Å²) >= 11 is 0. The lowest BCUT2D eigenvalue weighted by Crippen LogP contribution is -2.47. The van der Waals surface area contributed by atoms with Crippen molar-refractivity contribution in [2.45, 2.75) is 51.4 Å². The van der Waals surface area contributed by atoms with Gasteiger partial charge in [0, 0.05) is 6.54 Å². The molecule has 1 atom stereocenters. The first-order valence-corrected chi connectivity index (χ1v) is 8.06. The van der Waals surface area contributed by atoms with Crippen LogP contribution in [0.1, 0.15) is 41.5 Å². The average Bonchev–Trinajstić information content (AvgIpc) is 3.32. The van der Waals surface area contributed by atoms with Gasteiger partial charge >= 0.3 is 5.97 Å². The van der Waals surface area contributed by atoms with Crippen molar-refractivity contribution in [3.63, 3.8) is 0 Å². The Morgan fingerprint density at radius 3 is 2.65 bits per heavy atom. The summed E-state index contributed by atoms with van der Waals surface area (Å²) in [5.74, 6) is 1.57. The lowest BCUT2D eigenvalue weighted by Gasteiger charge is -2.33. The van der Waals surface area contributed by atoms with Crippen molar-refractivity contribution in [1.82, 2.24) is 19.7 Å². The van der Waals surface area contributed by atoms with Gasteiger partial charge in [-0.1, -0.05) is 24.3 Å². The van der Waals surface area contributed by atoms with Crippen molar-refractivity contribution < 1.29 is 9.90 Å². The molecule has 4 rings (SSSR count). The second kappa shape index (κ2) is 5.45. The van der Waals surface area contributed by atoms with Crippen LogP contribution in [0.25, 0.3) is 0 Å². The number of carbonyl (C=O) groups is 1. The minimum Gasteiger partial charge on any atom is -0.480 e. The predicted molar refractivity (Wildman–Crippen MR) is 83.8 cm³/mol. The molecule has 1 unspecified atom stereocenters. The second-order valence-corrected chi connectivity index (χ2v) is 6.55. The number of carboxylic acids is 1. The zero-order valence-electron chi connectivity index (χ0n) is 13.1. The van der Waals surface area contributed by atoms with Crippen LogP contribution in [0, 0.1) is 6.92 Å². The number of fused-ring (bicyclic) bond motifs is 1. The van der Waals surface area contributed by atoms with Crippen molar-refractivity contribution in [2.75, 3.05) is 0 Å². The zero-order valence-corrected chi connectivity index (χ0v) is 13.1. The van der Waals surface area contributed by atoms with Gasteiger partial charge in [0.2, 0.25) is 0 Å². The van der Waals surface area contributed by atoms with Gasteiger partial charge in [-0.3, -0.25) is 9.69 Å². The molecule has 1 aromatic carbocycles. The maximum Gasteiger partial charge on any atom is 0.322 e. The van der Waals surface area contributed by atoms with Crippen molar-refractivity contribution in [1.29, 1.82) is 0 Å². The van der Waals surface area contributed by atoms with Gasteiger partial charge < -0.3 is 9.67 Å². The molecule has 0 spiro atoms. The zero-order chi connectivity index (χ0) is 16.0. The summed E-state index contributed by atoms with van der Waals surface area (Å²) < 4.78 is 1.91. The van der Waals surface area contributed by atoms with E-state index in [1.807, 2.05) is 16.4 Å². The molecule has 0 radical (unpaired) electrons. The molecule has 23 heavy (non-hydrogen) atoms. The van der Waals surface area contributed by atoms with Crippen LogP contribution in [0.4, 0.5) is 0 Å². The van der Waals surface area contributed by atoms with Crippen molar-refractivity contribution in [3.8, 4) is 0 Å². The van der Waals surface area contributed by atoms with E-state index in [2.05, 4.69) is 34.5 Å². The summed E-state index contributed by atoms with van der Waals surface area (Å²) in [6.45, 7) is 3.40. The predicted octanol–water partition coefficient (Wildman–Crippen LogP) is 1.93. The number of rotatable bonds is 4. The highest BCUT2D eigenvalue weighted by Gasteiger charge is 2.33. The van der Waals surface area contributed by atoms with Crippen LogP contribution >= 0.6 is 0 Å². The van der Waals surface area contributed by atoms with Gasteiger partial charge in [-0.25, -0.2) is 0 Å². The van der Waals surface area contributed by atoms with Crippen LogP contribution in [-0.2, 0) is 24.4 Å². The van der Waals surface area contributed by atoms with E-state index >= 15 is 0 Å². The summed E-state index contributed by atoms with van der Waals surface area (Å²) in [5.41, 5.74) is 2.54. The molecule has 6 heteroatoms. The SMILES string of the molecule is Cc1nnc2n1CC(C(=O)O)N(Cc1ccc(C3CC3)cc1)C2. The summed E-state index contributed by atoms with van der Waals surface area (Å²) in [4.78, 5) is 13.6. The number of hydrogen-bond donors (Lipinski definition) is 1. The van der Waals surface area contributed by atoms with E-state index in [9.17, 15) is 9.90 Å². The van der Waals surface area contributed by atoms with Gasteiger partial charge in [0.1, 0.15) is 17.7 Å². The third-order valence-corrected chi connectivity index (χ3v) is 4.85. The minimum absolute atomic E-state index is 0.406. The number of benzene rings is 1. The fourth-order valence-electron chi connectivity index (χ4n) is 3.31. The highest BCUT2D eigenvalue weighted by atomic mass is 16.4. The molecule has 1 aliphatic carbocycles. The van der Waals surface area contributed by atoms with Crippen LogP contribution in [0.3, 0.4) is 0 Å². The number of hydrogen-bond acceptors (Lipinski definition) is 4. The number of aromatic nitrogens is 3. The van der Waals surface area contributed by atoms with Gasteiger partial charge in [-0.2, -0.15) is 0 Å². The molecule has 0 amide bonds. The molecule has 2 heterocycles. The third kappa shape index (κ3) is 2.74. The molecule has 0 saturated heterocycles. The fourth-order valence-corrected chi connectivity index (χ4v) is 3.31. The quantitative estimate of drug-likeness (QED) is 0.934. The van der Waals surface area contributed by atoms with E-state index in [4.69, 9.17) is 0 Å². The topological polar surface area (TPSA) is 71.2 Å². The van der Waals surface area contributed by atoms with Gasteiger partial charge in [-0.15, -0.1) is 10.2 Å². The summed E-state index contributed by atoms with van der Waals surface area (Å²) in [7, 11) is 0. The van der Waals surface area contributed by atoms with Crippen LogP contribution in [-0.4, -0.2) is 36.8 Å². The standard InChI is InChI=1S/C17H20N4O2/c1-11-18-19-16-10-20(15(17(22)23)9-21(11)16)8-12-2-4-13(5-3-12)14-6-7-14/h2-5,14-15H,6-10H2,1H3,(H,22,23). The molecule has 1 N–H and O–H groups in total. The summed E-state index contributed by atoms with van der Waals surface area (Å²) in [5, 5.41) is 17.8. The molecule has 120 valence electrons. The Morgan fingerprint density at radius 2 is 2.00 bits per heavy atom. The molecule has 2 aliphatic rings. The number of aryl methyl sites for hydroxylation is 1. The Kier molecular flexibility index (Phi) is 3.41. The molecule has 1 aromatic heterocycles. The molecular weight excluding hydrogens is 292 g/mol. The number of carboxylic acid groups (broad SMARTS) is 1. The van der Waals surface area contributed by atoms with E-state index in [1.165, 1.54) is 18.4 Å². The summed E-state index contributed by atoms with van der Waals surface area (Å²) in [6, 6.07) is 8.06. The van der Waals surface area contributed by atoms with E-state index in [0.29, 0.717) is 19.6 Å². The van der Waals surface area contributed by atoms with E-state index in [1.54, 1.807) is 0 Å². The van der Waals surface area contributed by atoms with Crippen LogP contribution < -0.4 is 0 Å². The first-order valence-electron chi connectivity index (χ1n) is 8.06. The Morgan fingerprint density at radius 1 is 1.26 bits per heavy atom. The van der Waals surface area contributed by atoms with Crippen LogP contribution in [0.15, 0.2) is 24.3 Å². The Labute approximate surface area is 134 Å². The van der Waals surface area contributed by atoms with Gasteiger partial charge in [-0.05, 0) is 36.8 Å². The van der Waals surface area contributed by atoms with Crippen molar-refractivity contribution >= 4 is 5.97 Å². The van der Waals surface area contributed by atoms with E-state index < -0.39 is 12.0 Å². The largest absolute Gasteiger partial charge is 0.480 e. The Balaban J connectivity index is 1.55. The lowest BCUT2D eigenvalue weighted by atomic mass is 10.1. The molecule has 6 nitrogen and oxygen atoms in total. The maximum absolute atomic E-state index is 11.7. The molecular formula is C17H20N4O2. The van der Waals surface area contributed by atoms with Gasteiger partial charge in [0.05, 0.1) is 13.1 Å². The van der Waals surface area contributed by atoms with Crippen LogP contribution in [0.2, 0.25) is 0 Å². The maximum atomic E-state index is 11.7. The third-order valence-electron chi connectivity index (χ3n) is 4.85. The van der Waals surface area contributed by atoms with Gasteiger partial charge in [0.25, 0.3) is 0 Å². The monoisotopic (exact) mass is 312 g/mol. The van der Waals surface area contributed by atoms with E-state index in [0.717, 1.165) is 23.1 Å².